The molecule has 0 spiro atoms. The molecular formula is C17H29N3. The molecule has 2 atom stereocenters. The lowest BCUT2D eigenvalue weighted by Crippen LogP contribution is -2.53. The fourth-order valence-corrected chi connectivity index (χ4v) is 3.01. The molecule has 1 aliphatic rings. The standard InChI is InChI=1S/C17H29N3/c1-13-8-14(2)10-16(9-13)15(3)18-11-17-12-19(4)6-7-20(17)5/h8-10,15,17-18H,6-7,11-12H2,1-5H3. The Balaban J connectivity index is 1.92. The largest absolute Gasteiger partial charge is 0.309 e. The SMILES string of the molecule is Cc1cc(C)cc(C(C)NCC2CN(C)CCN2C)c1. The van der Waals surface area contributed by atoms with Gasteiger partial charge in [0, 0.05) is 38.3 Å². The summed E-state index contributed by atoms with van der Waals surface area (Å²) in [6.45, 7) is 11.2. The number of rotatable bonds is 4. The van der Waals surface area contributed by atoms with Gasteiger partial charge in [-0.2, -0.15) is 0 Å². The Labute approximate surface area is 124 Å². The number of hydrogen-bond acceptors (Lipinski definition) is 3. The van der Waals surface area contributed by atoms with Gasteiger partial charge < -0.3 is 10.2 Å². The molecule has 1 N–H and O–H groups in total. The zero-order chi connectivity index (χ0) is 14.7. The molecule has 1 saturated heterocycles. The van der Waals surface area contributed by atoms with Gasteiger partial charge in [0.2, 0.25) is 0 Å². The van der Waals surface area contributed by atoms with Gasteiger partial charge in [-0.05, 0) is 40.4 Å². The minimum atomic E-state index is 0.411. The van der Waals surface area contributed by atoms with Crippen molar-refractivity contribution in [2.75, 3.05) is 40.3 Å². The van der Waals surface area contributed by atoms with Crippen LogP contribution >= 0.6 is 0 Å². The first kappa shape index (κ1) is 15.5. The summed E-state index contributed by atoms with van der Waals surface area (Å²) in [6.07, 6.45) is 0. The molecule has 1 aromatic carbocycles. The van der Waals surface area contributed by atoms with Crippen molar-refractivity contribution in [3.63, 3.8) is 0 Å². The van der Waals surface area contributed by atoms with Crippen molar-refractivity contribution in [2.45, 2.75) is 32.9 Å². The van der Waals surface area contributed by atoms with Crippen LogP contribution < -0.4 is 5.32 Å². The lowest BCUT2D eigenvalue weighted by atomic mass is 10.0. The zero-order valence-corrected chi connectivity index (χ0v) is 13.6. The zero-order valence-electron chi connectivity index (χ0n) is 13.6. The van der Waals surface area contributed by atoms with Crippen molar-refractivity contribution in [3.8, 4) is 0 Å². The molecule has 0 aromatic heterocycles. The molecule has 0 radical (unpaired) electrons. The minimum Gasteiger partial charge on any atom is -0.309 e. The van der Waals surface area contributed by atoms with Crippen LogP contribution in [0.1, 0.15) is 29.7 Å². The van der Waals surface area contributed by atoms with Gasteiger partial charge in [-0.25, -0.2) is 0 Å². The molecule has 1 aromatic rings. The van der Waals surface area contributed by atoms with Gasteiger partial charge in [0.15, 0.2) is 0 Å². The van der Waals surface area contributed by atoms with Crippen LogP contribution in [0.25, 0.3) is 0 Å². The number of piperazine rings is 1. The Hall–Kier alpha value is -0.900. The molecule has 1 heterocycles. The van der Waals surface area contributed by atoms with E-state index in [0.717, 1.165) is 13.1 Å². The van der Waals surface area contributed by atoms with Gasteiger partial charge in [-0.15, -0.1) is 0 Å². The van der Waals surface area contributed by atoms with E-state index in [4.69, 9.17) is 0 Å². The van der Waals surface area contributed by atoms with Crippen LogP contribution in [0, 0.1) is 13.8 Å². The van der Waals surface area contributed by atoms with Crippen LogP contribution in [-0.2, 0) is 0 Å². The molecule has 1 fully saturated rings. The highest BCUT2D eigenvalue weighted by Gasteiger charge is 2.22. The van der Waals surface area contributed by atoms with E-state index in [1.54, 1.807) is 0 Å². The van der Waals surface area contributed by atoms with Gasteiger partial charge in [0.25, 0.3) is 0 Å². The molecule has 3 heteroatoms. The van der Waals surface area contributed by atoms with E-state index in [9.17, 15) is 0 Å². The van der Waals surface area contributed by atoms with E-state index >= 15 is 0 Å². The van der Waals surface area contributed by atoms with Gasteiger partial charge in [0.1, 0.15) is 0 Å². The third-order valence-electron chi connectivity index (χ3n) is 4.38. The number of hydrogen-bond donors (Lipinski definition) is 1. The Bertz CT molecular complexity index is 424. The summed E-state index contributed by atoms with van der Waals surface area (Å²) in [5, 5.41) is 3.71. The number of benzene rings is 1. The average molecular weight is 275 g/mol. The Morgan fingerprint density at radius 3 is 2.45 bits per heavy atom. The quantitative estimate of drug-likeness (QED) is 0.909. The third kappa shape index (κ3) is 4.05. The van der Waals surface area contributed by atoms with E-state index < -0.39 is 0 Å². The fourth-order valence-electron chi connectivity index (χ4n) is 3.01. The molecule has 20 heavy (non-hydrogen) atoms. The second kappa shape index (κ2) is 6.70. The lowest BCUT2D eigenvalue weighted by molar-refractivity contribution is 0.112. The summed E-state index contributed by atoms with van der Waals surface area (Å²) in [6, 6.07) is 7.85. The number of likely N-dealkylation sites (N-methyl/N-ethyl adjacent to an activating group) is 2. The monoisotopic (exact) mass is 275 g/mol. The molecule has 0 aliphatic carbocycles. The van der Waals surface area contributed by atoms with Crippen LogP contribution in [0.15, 0.2) is 18.2 Å². The smallest absolute Gasteiger partial charge is 0.0345 e. The van der Waals surface area contributed by atoms with Gasteiger partial charge in [0.05, 0.1) is 0 Å². The Morgan fingerprint density at radius 2 is 1.80 bits per heavy atom. The van der Waals surface area contributed by atoms with E-state index in [-0.39, 0.29) is 0 Å². The first-order valence-electron chi connectivity index (χ1n) is 7.66. The van der Waals surface area contributed by atoms with Crippen LogP contribution in [0.2, 0.25) is 0 Å². The third-order valence-corrected chi connectivity index (χ3v) is 4.38. The molecule has 3 nitrogen and oxygen atoms in total. The van der Waals surface area contributed by atoms with Crippen LogP contribution in [-0.4, -0.2) is 56.1 Å². The second-order valence-electron chi connectivity index (χ2n) is 6.45. The number of nitrogens with zero attached hydrogens (tertiary/aromatic N) is 2. The highest BCUT2D eigenvalue weighted by molar-refractivity contribution is 5.30. The summed E-state index contributed by atoms with van der Waals surface area (Å²) in [5.74, 6) is 0. The maximum atomic E-state index is 3.71. The van der Waals surface area contributed by atoms with E-state index in [1.165, 1.54) is 29.8 Å². The van der Waals surface area contributed by atoms with Crippen LogP contribution in [0.5, 0.6) is 0 Å². The molecule has 0 bridgehead atoms. The Kier molecular flexibility index (Phi) is 5.19. The molecule has 1 aliphatic heterocycles. The molecule has 2 rings (SSSR count). The number of nitrogens with one attached hydrogen (secondary N) is 1. The van der Waals surface area contributed by atoms with Gasteiger partial charge in [-0.3, -0.25) is 4.90 Å². The second-order valence-corrected chi connectivity index (χ2v) is 6.45. The highest BCUT2D eigenvalue weighted by atomic mass is 15.3. The Morgan fingerprint density at radius 1 is 1.15 bits per heavy atom. The molecule has 2 unspecified atom stereocenters. The van der Waals surface area contributed by atoms with Crippen molar-refractivity contribution in [1.29, 1.82) is 0 Å². The van der Waals surface area contributed by atoms with Crippen molar-refractivity contribution in [2.24, 2.45) is 0 Å². The average Bonchev–Trinajstić information content (AvgIpc) is 2.38. The molecule has 112 valence electrons. The molecule has 0 saturated carbocycles. The molecule has 0 amide bonds. The van der Waals surface area contributed by atoms with E-state index in [2.05, 4.69) is 68.2 Å². The maximum absolute atomic E-state index is 3.71. The molecular weight excluding hydrogens is 246 g/mol. The summed E-state index contributed by atoms with van der Waals surface area (Å²) in [7, 11) is 4.45. The van der Waals surface area contributed by atoms with Crippen LogP contribution in [0.3, 0.4) is 0 Å². The summed E-state index contributed by atoms with van der Waals surface area (Å²) >= 11 is 0. The van der Waals surface area contributed by atoms with Crippen molar-refractivity contribution < 1.29 is 0 Å². The lowest BCUT2D eigenvalue weighted by Gasteiger charge is -2.38. The van der Waals surface area contributed by atoms with Crippen molar-refractivity contribution in [1.82, 2.24) is 15.1 Å². The van der Waals surface area contributed by atoms with Crippen molar-refractivity contribution in [3.05, 3.63) is 34.9 Å². The number of aryl methyl sites for hydroxylation is 2. The summed E-state index contributed by atoms with van der Waals surface area (Å²) < 4.78 is 0. The van der Waals surface area contributed by atoms with E-state index in [0.29, 0.717) is 12.1 Å². The minimum absolute atomic E-state index is 0.411. The van der Waals surface area contributed by atoms with Gasteiger partial charge >= 0.3 is 0 Å². The summed E-state index contributed by atoms with van der Waals surface area (Å²) in [5.41, 5.74) is 4.10. The first-order valence-corrected chi connectivity index (χ1v) is 7.66. The fraction of sp³-hybridized carbons (Fsp3) is 0.647. The maximum Gasteiger partial charge on any atom is 0.0345 e. The predicted octanol–water partition coefficient (Wildman–Crippen LogP) is 2.20. The normalized spacial score (nSPS) is 22.9. The topological polar surface area (TPSA) is 18.5 Å². The predicted molar refractivity (Wildman–Crippen MR) is 86.2 cm³/mol. The first-order chi connectivity index (χ1) is 9.45. The summed E-state index contributed by atoms with van der Waals surface area (Å²) in [4.78, 5) is 4.90. The van der Waals surface area contributed by atoms with Crippen molar-refractivity contribution >= 4 is 0 Å². The highest BCUT2D eigenvalue weighted by Crippen LogP contribution is 2.17. The van der Waals surface area contributed by atoms with Crippen LogP contribution in [0.4, 0.5) is 0 Å². The van der Waals surface area contributed by atoms with Gasteiger partial charge in [-0.1, -0.05) is 29.3 Å². The van der Waals surface area contributed by atoms with E-state index in [1.807, 2.05) is 0 Å².